The van der Waals surface area contributed by atoms with Crippen LogP contribution in [0.4, 0.5) is 0 Å². The zero-order valence-corrected chi connectivity index (χ0v) is 13.4. The van der Waals surface area contributed by atoms with Crippen LogP contribution in [0, 0.1) is 0 Å². The number of hydrogen-bond acceptors (Lipinski definition) is 5. The second-order valence-electron chi connectivity index (χ2n) is 5.64. The summed E-state index contributed by atoms with van der Waals surface area (Å²) in [6, 6.07) is 5.30. The van der Waals surface area contributed by atoms with Crippen LogP contribution >= 0.6 is 0 Å². The van der Waals surface area contributed by atoms with Gasteiger partial charge in [-0.25, -0.2) is 10.9 Å². The van der Waals surface area contributed by atoms with Crippen molar-refractivity contribution in [2.45, 2.75) is 31.3 Å². The third-order valence-corrected chi connectivity index (χ3v) is 3.81. The summed E-state index contributed by atoms with van der Waals surface area (Å²) >= 11 is 0. The van der Waals surface area contributed by atoms with Crippen molar-refractivity contribution in [1.82, 2.24) is 15.8 Å². The average Bonchev–Trinajstić information content (AvgIpc) is 2.96. The number of para-hydroxylation sites is 1. The Balaban J connectivity index is 2.04. The quantitative estimate of drug-likeness (QED) is 0.329. The third-order valence-electron chi connectivity index (χ3n) is 3.81. The molecule has 0 saturated heterocycles. The van der Waals surface area contributed by atoms with Gasteiger partial charge in [-0.15, -0.1) is 0 Å². The second-order valence-corrected chi connectivity index (χ2v) is 5.64. The van der Waals surface area contributed by atoms with E-state index in [1.54, 1.807) is 6.20 Å². The number of benzene rings is 1. The van der Waals surface area contributed by atoms with Crippen LogP contribution in [-0.4, -0.2) is 45.1 Å². The first-order chi connectivity index (χ1) is 11.9. The summed E-state index contributed by atoms with van der Waals surface area (Å²) in [5.74, 6) is -2.96. The van der Waals surface area contributed by atoms with Gasteiger partial charge in [-0.05, 0) is 18.1 Å². The predicted molar refractivity (Wildman–Crippen MR) is 89.6 cm³/mol. The van der Waals surface area contributed by atoms with Crippen LogP contribution < -0.4 is 16.6 Å². The van der Waals surface area contributed by atoms with Gasteiger partial charge in [0, 0.05) is 29.9 Å². The molecule has 0 radical (unpaired) electrons. The van der Waals surface area contributed by atoms with E-state index in [1.807, 2.05) is 24.3 Å². The second kappa shape index (κ2) is 8.27. The number of nitrogens with two attached hydrogens (primary N) is 1. The normalized spacial score (nSPS) is 13.4. The van der Waals surface area contributed by atoms with Crippen molar-refractivity contribution in [2.24, 2.45) is 5.73 Å². The van der Waals surface area contributed by atoms with E-state index in [-0.39, 0.29) is 19.3 Å². The minimum atomic E-state index is -1.20. The first-order valence-corrected chi connectivity index (χ1v) is 7.68. The number of aliphatic carboxylic acids is 2. The standard InChI is InChI=1S/C16H20N4O5/c17-14(21)6-5-12(15(22)23)19-20-13(16(24)25)7-9-8-18-11-4-2-1-3-10(9)11/h1-4,8,12-13,18-20H,5-7H2,(H2,17,21)(H,22,23)(H,24,25)/t12-,13-/m0/s1. The Bertz CT molecular complexity index is 773. The van der Waals surface area contributed by atoms with E-state index < -0.39 is 29.9 Å². The molecular weight excluding hydrogens is 328 g/mol. The largest absolute Gasteiger partial charge is 0.480 e. The zero-order valence-electron chi connectivity index (χ0n) is 13.4. The molecule has 2 rings (SSSR count). The van der Waals surface area contributed by atoms with E-state index in [1.165, 1.54) is 0 Å². The highest BCUT2D eigenvalue weighted by atomic mass is 16.4. The number of fused-ring (bicyclic) bond motifs is 1. The van der Waals surface area contributed by atoms with Gasteiger partial charge in [0.25, 0.3) is 0 Å². The maximum Gasteiger partial charge on any atom is 0.322 e. The molecule has 0 aliphatic carbocycles. The molecule has 25 heavy (non-hydrogen) atoms. The zero-order chi connectivity index (χ0) is 18.4. The van der Waals surface area contributed by atoms with Crippen molar-refractivity contribution >= 4 is 28.7 Å². The van der Waals surface area contributed by atoms with Gasteiger partial charge < -0.3 is 20.9 Å². The van der Waals surface area contributed by atoms with Gasteiger partial charge in [0.2, 0.25) is 5.91 Å². The summed E-state index contributed by atoms with van der Waals surface area (Å²) in [5.41, 5.74) is 11.7. The lowest BCUT2D eigenvalue weighted by molar-refractivity contribution is -0.143. The van der Waals surface area contributed by atoms with E-state index in [4.69, 9.17) is 10.8 Å². The molecule has 9 nitrogen and oxygen atoms in total. The molecule has 1 aromatic carbocycles. The van der Waals surface area contributed by atoms with E-state index >= 15 is 0 Å². The Morgan fingerprint density at radius 1 is 1.08 bits per heavy atom. The Morgan fingerprint density at radius 2 is 1.72 bits per heavy atom. The summed E-state index contributed by atoms with van der Waals surface area (Å²) in [4.78, 5) is 36.5. The highest BCUT2D eigenvalue weighted by Gasteiger charge is 2.23. The van der Waals surface area contributed by atoms with Crippen LogP contribution in [0.2, 0.25) is 0 Å². The molecule has 0 aliphatic heterocycles. The topological polar surface area (TPSA) is 158 Å². The third kappa shape index (κ3) is 5.03. The van der Waals surface area contributed by atoms with Gasteiger partial charge in [0.1, 0.15) is 12.1 Å². The van der Waals surface area contributed by atoms with Crippen molar-refractivity contribution in [1.29, 1.82) is 0 Å². The summed E-state index contributed by atoms with van der Waals surface area (Å²) in [5, 5.41) is 19.4. The minimum Gasteiger partial charge on any atom is -0.480 e. The summed E-state index contributed by atoms with van der Waals surface area (Å²) in [7, 11) is 0. The SMILES string of the molecule is NC(=O)CC[C@H](NN[C@@H](Cc1c[nH]c2ccccc12)C(=O)O)C(=O)O. The number of aromatic amines is 1. The van der Waals surface area contributed by atoms with Crippen LogP contribution in [-0.2, 0) is 20.8 Å². The molecule has 1 heterocycles. The lowest BCUT2D eigenvalue weighted by Crippen LogP contribution is -2.53. The highest BCUT2D eigenvalue weighted by molar-refractivity contribution is 5.84. The molecule has 134 valence electrons. The number of amides is 1. The molecular formula is C16H20N4O5. The molecule has 1 amide bonds. The number of hydrogen-bond donors (Lipinski definition) is 6. The summed E-state index contributed by atoms with van der Waals surface area (Å²) in [6.07, 6.45) is 1.71. The van der Waals surface area contributed by atoms with Gasteiger partial charge in [0.05, 0.1) is 0 Å². The van der Waals surface area contributed by atoms with Crippen LogP contribution in [0.15, 0.2) is 30.5 Å². The first-order valence-electron chi connectivity index (χ1n) is 7.68. The lowest BCUT2D eigenvalue weighted by atomic mass is 10.1. The number of carboxylic acid groups (broad SMARTS) is 2. The van der Waals surface area contributed by atoms with E-state index in [0.717, 1.165) is 16.5 Å². The number of primary amides is 1. The van der Waals surface area contributed by atoms with Gasteiger partial charge >= 0.3 is 11.9 Å². The fourth-order valence-electron chi connectivity index (χ4n) is 2.47. The summed E-state index contributed by atoms with van der Waals surface area (Å²) in [6.45, 7) is 0. The van der Waals surface area contributed by atoms with Crippen LogP contribution in [0.5, 0.6) is 0 Å². The van der Waals surface area contributed by atoms with Gasteiger partial charge in [-0.1, -0.05) is 18.2 Å². The molecule has 0 fully saturated rings. The lowest BCUT2D eigenvalue weighted by Gasteiger charge is -2.19. The molecule has 2 atom stereocenters. The monoisotopic (exact) mass is 348 g/mol. The predicted octanol–water partition coefficient (Wildman–Crippen LogP) is -0.0235. The highest BCUT2D eigenvalue weighted by Crippen LogP contribution is 2.19. The Labute approximate surface area is 143 Å². The number of carbonyl (C=O) groups is 3. The average molecular weight is 348 g/mol. The number of aromatic nitrogens is 1. The minimum absolute atomic E-state index is 0.0446. The van der Waals surface area contributed by atoms with Gasteiger partial charge in [-0.2, -0.15) is 0 Å². The molecule has 2 aromatic rings. The number of nitrogens with one attached hydrogen (secondary N) is 3. The van der Waals surface area contributed by atoms with Gasteiger partial charge in [-0.3, -0.25) is 14.4 Å². The van der Waals surface area contributed by atoms with Crippen molar-refractivity contribution in [3.8, 4) is 0 Å². The van der Waals surface area contributed by atoms with Gasteiger partial charge in [0.15, 0.2) is 0 Å². The Kier molecular flexibility index (Phi) is 6.09. The molecule has 0 bridgehead atoms. The molecule has 0 aliphatic rings. The maximum atomic E-state index is 11.5. The number of H-pyrrole nitrogens is 1. The number of carboxylic acids is 2. The Morgan fingerprint density at radius 3 is 2.36 bits per heavy atom. The van der Waals surface area contributed by atoms with Crippen molar-refractivity contribution < 1.29 is 24.6 Å². The van der Waals surface area contributed by atoms with Crippen molar-refractivity contribution in [3.05, 3.63) is 36.0 Å². The molecule has 0 spiro atoms. The summed E-state index contributed by atoms with van der Waals surface area (Å²) < 4.78 is 0. The first kappa shape index (κ1) is 18.4. The Hall–Kier alpha value is -2.91. The van der Waals surface area contributed by atoms with E-state index in [2.05, 4.69) is 15.8 Å². The molecule has 0 unspecified atom stereocenters. The fourth-order valence-corrected chi connectivity index (χ4v) is 2.47. The van der Waals surface area contributed by atoms with Crippen LogP contribution in [0.3, 0.4) is 0 Å². The molecule has 7 N–H and O–H groups in total. The van der Waals surface area contributed by atoms with Crippen LogP contribution in [0.1, 0.15) is 18.4 Å². The fraction of sp³-hybridized carbons (Fsp3) is 0.312. The molecule has 0 saturated carbocycles. The van der Waals surface area contributed by atoms with Crippen LogP contribution in [0.25, 0.3) is 10.9 Å². The molecule has 9 heteroatoms. The molecule has 1 aromatic heterocycles. The van der Waals surface area contributed by atoms with Crippen molar-refractivity contribution in [2.75, 3.05) is 0 Å². The number of carbonyl (C=O) groups excluding carboxylic acids is 1. The smallest absolute Gasteiger partial charge is 0.322 e. The van der Waals surface area contributed by atoms with E-state index in [9.17, 15) is 19.5 Å². The number of rotatable bonds is 10. The van der Waals surface area contributed by atoms with Crippen molar-refractivity contribution in [3.63, 3.8) is 0 Å². The number of hydrazine groups is 1. The van der Waals surface area contributed by atoms with E-state index in [0.29, 0.717) is 0 Å². The maximum absolute atomic E-state index is 11.5.